The van der Waals surface area contributed by atoms with Crippen molar-refractivity contribution in [3.05, 3.63) is 94.2 Å². The van der Waals surface area contributed by atoms with Gasteiger partial charge < -0.3 is 5.11 Å². The van der Waals surface area contributed by atoms with Crippen LogP contribution in [0.4, 0.5) is 4.39 Å². The standard InChI is InChI=1S/C24H21FN4O2/c1-14-8-20-11-19(13-30)28-29(20)24(16-3-5-18(25)6-4-16)23(14)22(31)10-15-2-7-21-17(9-15)12-26-27-21/h2-7,9,11-12,24,30H,8,10,13H2,1H3,(H,26,27). The Morgan fingerprint density at radius 3 is 2.81 bits per heavy atom. The van der Waals surface area contributed by atoms with Crippen LogP contribution in [0.1, 0.15) is 35.5 Å². The molecular weight excluding hydrogens is 395 g/mol. The minimum atomic E-state index is -0.463. The summed E-state index contributed by atoms with van der Waals surface area (Å²) in [5, 5.41) is 22.0. The van der Waals surface area contributed by atoms with Crippen molar-refractivity contribution in [3.8, 4) is 0 Å². The molecule has 31 heavy (non-hydrogen) atoms. The Bertz CT molecular complexity index is 1320. The van der Waals surface area contributed by atoms with E-state index in [0.717, 1.165) is 33.3 Å². The van der Waals surface area contributed by atoms with Crippen molar-refractivity contribution in [2.75, 3.05) is 0 Å². The van der Waals surface area contributed by atoms with Crippen molar-refractivity contribution in [2.24, 2.45) is 0 Å². The second-order valence-electron chi connectivity index (χ2n) is 7.95. The Labute approximate surface area is 178 Å². The molecule has 4 aromatic rings. The van der Waals surface area contributed by atoms with Gasteiger partial charge in [-0.15, -0.1) is 0 Å². The van der Waals surface area contributed by atoms with Crippen LogP contribution in [0.3, 0.4) is 0 Å². The molecular formula is C24H21FN4O2. The summed E-state index contributed by atoms with van der Waals surface area (Å²) in [7, 11) is 0. The number of benzene rings is 2. The number of hydrogen-bond acceptors (Lipinski definition) is 4. The van der Waals surface area contributed by atoms with Crippen LogP contribution in [-0.2, 0) is 24.2 Å². The lowest BCUT2D eigenvalue weighted by Gasteiger charge is -2.29. The molecule has 5 rings (SSSR count). The zero-order valence-electron chi connectivity index (χ0n) is 17.0. The monoisotopic (exact) mass is 416 g/mol. The number of H-pyrrole nitrogens is 1. The molecule has 2 aromatic heterocycles. The Balaban J connectivity index is 1.56. The molecule has 2 aromatic carbocycles. The third kappa shape index (κ3) is 3.47. The number of Topliss-reactive ketones (excluding diaryl/α,β-unsaturated/α-hetero) is 1. The largest absolute Gasteiger partial charge is 0.390 e. The molecule has 3 heterocycles. The number of aliphatic hydroxyl groups excluding tert-OH is 1. The zero-order chi connectivity index (χ0) is 21.5. The average Bonchev–Trinajstić information content (AvgIpc) is 3.39. The molecule has 0 saturated heterocycles. The Kier molecular flexibility index (Phi) is 4.75. The highest BCUT2D eigenvalue weighted by molar-refractivity contribution is 5.99. The third-order valence-electron chi connectivity index (χ3n) is 5.81. The van der Waals surface area contributed by atoms with Gasteiger partial charge in [0, 0.05) is 29.5 Å². The van der Waals surface area contributed by atoms with Gasteiger partial charge in [-0.3, -0.25) is 14.6 Å². The fraction of sp³-hybridized carbons (Fsp3) is 0.208. The number of halogens is 1. The number of aromatic amines is 1. The highest BCUT2D eigenvalue weighted by Gasteiger charge is 2.33. The van der Waals surface area contributed by atoms with Gasteiger partial charge in [-0.1, -0.05) is 23.8 Å². The lowest BCUT2D eigenvalue weighted by Crippen LogP contribution is -2.28. The predicted octanol–water partition coefficient (Wildman–Crippen LogP) is 3.66. The summed E-state index contributed by atoms with van der Waals surface area (Å²) in [6.45, 7) is 1.78. The first-order valence-electron chi connectivity index (χ1n) is 10.1. The van der Waals surface area contributed by atoms with Crippen LogP contribution in [-0.4, -0.2) is 30.9 Å². The number of hydrogen-bond donors (Lipinski definition) is 2. The maximum Gasteiger partial charge on any atom is 0.165 e. The fourth-order valence-corrected chi connectivity index (χ4v) is 4.37. The minimum absolute atomic E-state index is 0.00127. The molecule has 1 unspecified atom stereocenters. The molecule has 1 aliphatic rings. The molecule has 0 aliphatic carbocycles. The van der Waals surface area contributed by atoms with Crippen LogP contribution >= 0.6 is 0 Å². The summed E-state index contributed by atoms with van der Waals surface area (Å²) in [5.41, 5.74) is 5.70. The molecule has 1 atom stereocenters. The summed E-state index contributed by atoms with van der Waals surface area (Å²) < 4.78 is 15.4. The number of aliphatic hydroxyl groups is 1. The number of ketones is 1. The molecule has 0 bridgehead atoms. The summed E-state index contributed by atoms with van der Waals surface area (Å²) in [6.07, 6.45) is 2.56. The smallest absolute Gasteiger partial charge is 0.165 e. The molecule has 0 saturated carbocycles. The van der Waals surface area contributed by atoms with Gasteiger partial charge in [0.25, 0.3) is 0 Å². The van der Waals surface area contributed by atoms with Crippen molar-refractivity contribution >= 4 is 16.7 Å². The van der Waals surface area contributed by atoms with Crippen LogP contribution in [0.5, 0.6) is 0 Å². The van der Waals surface area contributed by atoms with Gasteiger partial charge in [-0.05, 0) is 48.4 Å². The van der Waals surface area contributed by atoms with Crippen molar-refractivity contribution in [1.82, 2.24) is 20.0 Å². The molecule has 1 aliphatic heterocycles. The lowest BCUT2D eigenvalue weighted by atomic mass is 9.85. The number of allylic oxidation sites excluding steroid dienone is 2. The van der Waals surface area contributed by atoms with Gasteiger partial charge in [-0.2, -0.15) is 10.2 Å². The van der Waals surface area contributed by atoms with E-state index in [0.29, 0.717) is 17.7 Å². The minimum Gasteiger partial charge on any atom is -0.390 e. The van der Waals surface area contributed by atoms with Gasteiger partial charge >= 0.3 is 0 Å². The Hall–Kier alpha value is -3.58. The zero-order valence-corrected chi connectivity index (χ0v) is 17.0. The van der Waals surface area contributed by atoms with Gasteiger partial charge in [-0.25, -0.2) is 4.39 Å². The highest BCUT2D eigenvalue weighted by Crippen LogP contribution is 2.36. The SMILES string of the molecule is CC1=C(C(=O)Cc2ccc3[nH]ncc3c2)C(c2ccc(F)cc2)n2nc(CO)cc2C1. The molecule has 0 amide bonds. The van der Waals surface area contributed by atoms with Crippen LogP contribution in [0.25, 0.3) is 10.9 Å². The molecule has 156 valence electrons. The number of fused-ring (bicyclic) bond motifs is 2. The number of carbonyl (C=O) groups is 1. The molecule has 2 N–H and O–H groups in total. The quantitative estimate of drug-likeness (QED) is 0.520. The summed E-state index contributed by atoms with van der Waals surface area (Å²) >= 11 is 0. The predicted molar refractivity (Wildman–Crippen MR) is 114 cm³/mol. The Morgan fingerprint density at radius 1 is 1.23 bits per heavy atom. The van der Waals surface area contributed by atoms with Crippen molar-refractivity contribution in [1.29, 1.82) is 0 Å². The number of nitrogens with one attached hydrogen (secondary N) is 1. The summed E-state index contributed by atoms with van der Waals surface area (Å²) in [6, 6.07) is 13.4. The molecule has 6 nitrogen and oxygen atoms in total. The number of carbonyl (C=O) groups excluding carboxylic acids is 1. The van der Waals surface area contributed by atoms with Gasteiger partial charge in [0.05, 0.1) is 24.0 Å². The highest BCUT2D eigenvalue weighted by atomic mass is 19.1. The summed E-state index contributed by atoms with van der Waals surface area (Å²) in [4.78, 5) is 13.5. The van der Waals surface area contributed by atoms with E-state index < -0.39 is 6.04 Å². The van der Waals surface area contributed by atoms with Crippen molar-refractivity contribution in [2.45, 2.75) is 32.4 Å². The van der Waals surface area contributed by atoms with Gasteiger partial charge in [0.2, 0.25) is 0 Å². The second kappa shape index (κ2) is 7.59. The van der Waals surface area contributed by atoms with Crippen LogP contribution in [0, 0.1) is 5.82 Å². The van der Waals surface area contributed by atoms with Crippen LogP contribution in [0.2, 0.25) is 0 Å². The molecule has 0 fully saturated rings. The van der Waals surface area contributed by atoms with E-state index in [-0.39, 0.29) is 24.6 Å². The fourth-order valence-electron chi connectivity index (χ4n) is 4.37. The number of rotatable bonds is 5. The molecule has 0 spiro atoms. The van der Waals surface area contributed by atoms with Gasteiger partial charge in [0.15, 0.2) is 5.78 Å². The van der Waals surface area contributed by atoms with Gasteiger partial charge in [0.1, 0.15) is 11.9 Å². The normalized spacial score (nSPS) is 16.0. The summed E-state index contributed by atoms with van der Waals surface area (Å²) in [5.74, 6) is -0.334. The van der Waals surface area contributed by atoms with Crippen molar-refractivity contribution < 1.29 is 14.3 Å². The Morgan fingerprint density at radius 2 is 2.03 bits per heavy atom. The maximum atomic E-state index is 13.6. The lowest BCUT2D eigenvalue weighted by molar-refractivity contribution is -0.115. The van der Waals surface area contributed by atoms with E-state index in [1.165, 1.54) is 12.1 Å². The van der Waals surface area contributed by atoms with E-state index in [1.54, 1.807) is 23.0 Å². The second-order valence-corrected chi connectivity index (χ2v) is 7.95. The topological polar surface area (TPSA) is 83.8 Å². The maximum absolute atomic E-state index is 13.6. The van der Waals surface area contributed by atoms with Crippen LogP contribution < -0.4 is 0 Å². The van der Waals surface area contributed by atoms with E-state index in [9.17, 15) is 14.3 Å². The van der Waals surface area contributed by atoms with Crippen LogP contribution in [0.15, 0.2) is 65.9 Å². The van der Waals surface area contributed by atoms with E-state index in [1.807, 2.05) is 31.2 Å². The van der Waals surface area contributed by atoms with E-state index >= 15 is 0 Å². The van der Waals surface area contributed by atoms with E-state index in [2.05, 4.69) is 15.3 Å². The average molecular weight is 416 g/mol. The first kappa shape index (κ1) is 19.4. The van der Waals surface area contributed by atoms with Crippen molar-refractivity contribution in [3.63, 3.8) is 0 Å². The first-order valence-corrected chi connectivity index (χ1v) is 10.1. The number of aromatic nitrogens is 4. The molecule has 7 heteroatoms. The third-order valence-corrected chi connectivity index (χ3v) is 5.81. The first-order chi connectivity index (χ1) is 15.0. The number of nitrogens with zero attached hydrogens (tertiary/aromatic N) is 3. The molecule has 0 radical (unpaired) electrons. The van der Waals surface area contributed by atoms with E-state index in [4.69, 9.17) is 0 Å².